The first-order chi connectivity index (χ1) is 7.66. The van der Waals surface area contributed by atoms with Crippen LogP contribution in [0, 0.1) is 18.8 Å². The maximum absolute atomic E-state index is 11.9. The molecule has 1 saturated heterocycles. The van der Waals surface area contributed by atoms with Crippen molar-refractivity contribution in [3.8, 4) is 0 Å². The molecule has 4 nitrogen and oxygen atoms in total. The zero-order valence-electron chi connectivity index (χ0n) is 9.66. The van der Waals surface area contributed by atoms with Gasteiger partial charge in [0.05, 0.1) is 5.92 Å². The fraction of sp³-hybridized carbons (Fsp3) is 0.500. The standard InChI is InChI=1S/C12H17N3O/c1-8-6-13-7-10(8)12(16)15-11-5-3-4-9(2)14-11/h3-5,8,10,13H,6-7H2,1-2H3,(H,14,15,16)/t8-,10-/m1/s1. The highest BCUT2D eigenvalue weighted by atomic mass is 16.2. The van der Waals surface area contributed by atoms with Gasteiger partial charge in [0, 0.05) is 12.2 Å². The molecule has 2 heterocycles. The molecule has 0 radical (unpaired) electrons. The summed E-state index contributed by atoms with van der Waals surface area (Å²) in [6.45, 7) is 5.68. The lowest BCUT2D eigenvalue weighted by Gasteiger charge is -2.13. The largest absolute Gasteiger partial charge is 0.316 e. The normalized spacial score (nSPS) is 24.4. The Kier molecular flexibility index (Phi) is 3.19. The SMILES string of the molecule is Cc1cccc(NC(=O)[C@@H]2CNC[C@H]2C)n1. The van der Waals surface area contributed by atoms with Crippen LogP contribution in [0.3, 0.4) is 0 Å². The maximum Gasteiger partial charge on any atom is 0.230 e. The summed E-state index contributed by atoms with van der Waals surface area (Å²) in [6, 6.07) is 5.63. The van der Waals surface area contributed by atoms with Crippen LogP contribution in [0.4, 0.5) is 5.82 Å². The second-order valence-corrected chi connectivity index (χ2v) is 4.40. The number of aryl methyl sites for hydroxylation is 1. The van der Waals surface area contributed by atoms with Gasteiger partial charge in [0.15, 0.2) is 0 Å². The monoisotopic (exact) mass is 219 g/mol. The minimum atomic E-state index is 0.0577. The van der Waals surface area contributed by atoms with Crippen LogP contribution in [0.25, 0.3) is 0 Å². The summed E-state index contributed by atoms with van der Waals surface area (Å²) in [5.41, 5.74) is 0.912. The Labute approximate surface area is 95.5 Å². The second-order valence-electron chi connectivity index (χ2n) is 4.40. The fourth-order valence-electron chi connectivity index (χ4n) is 1.99. The van der Waals surface area contributed by atoms with E-state index in [-0.39, 0.29) is 11.8 Å². The molecule has 0 spiro atoms. The van der Waals surface area contributed by atoms with E-state index in [1.807, 2.05) is 25.1 Å². The van der Waals surface area contributed by atoms with E-state index in [1.165, 1.54) is 0 Å². The average Bonchev–Trinajstić information content (AvgIpc) is 2.64. The number of nitrogens with one attached hydrogen (secondary N) is 2. The van der Waals surface area contributed by atoms with Crippen molar-refractivity contribution in [1.82, 2.24) is 10.3 Å². The number of amides is 1. The number of hydrogen-bond donors (Lipinski definition) is 2. The van der Waals surface area contributed by atoms with Gasteiger partial charge < -0.3 is 10.6 Å². The number of rotatable bonds is 2. The van der Waals surface area contributed by atoms with Crippen LogP contribution in [0.5, 0.6) is 0 Å². The molecular formula is C12H17N3O. The van der Waals surface area contributed by atoms with Gasteiger partial charge in [0.1, 0.15) is 5.82 Å². The van der Waals surface area contributed by atoms with Gasteiger partial charge in [0.2, 0.25) is 5.91 Å². The summed E-state index contributed by atoms with van der Waals surface area (Å²) in [4.78, 5) is 16.2. The summed E-state index contributed by atoms with van der Waals surface area (Å²) in [6.07, 6.45) is 0. The van der Waals surface area contributed by atoms with E-state index >= 15 is 0 Å². The third-order valence-electron chi connectivity index (χ3n) is 2.99. The van der Waals surface area contributed by atoms with Crippen molar-refractivity contribution in [3.63, 3.8) is 0 Å². The molecule has 1 aromatic rings. The lowest BCUT2D eigenvalue weighted by molar-refractivity contribution is -0.120. The predicted molar refractivity (Wildman–Crippen MR) is 63.1 cm³/mol. The van der Waals surface area contributed by atoms with Crippen LogP contribution in [0.1, 0.15) is 12.6 Å². The van der Waals surface area contributed by atoms with Gasteiger partial charge in [-0.15, -0.1) is 0 Å². The second kappa shape index (κ2) is 4.61. The third-order valence-corrected chi connectivity index (χ3v) is 2.99. The number of carbonyl (C=O) groups excluding carboxylic acids is 1. The number of nitrogens with zero attached hydrogens (tertiary/aromatic N) is 1. The highest BCUT2D eigenvalue weighted by Gasteiger charge is 2.29. The Morgan fingerprint density at radius 3 is 2.94 bits per heavy atom. The van der Waals surface area contributed by atoms with E-state index < -0.39 is 0 Å². The van der Waals surface area contributed by atoms with Crippen molar-refractivity contribution in [2.24, 2.45) is 11.8 Å². The topological polar surface area (TPSA) is 54.0 Å². The molecule has 0 aromatic carbocycles. The smallest absolute Gasteiger partial charge is 0.230 e. The van der Waals surface area contributed by atoms with Crippen LogP contribution in [-0.4, -0.2) is 24.0 Å². The van der Waals surface area contributed by atoms with Crippen molar-refractivity contribution in [2.75, 3.05) is 18.4 Å². The minimum absolute atomic E-state index is 0.0577. The van der Waals surface area contributed by atoms with Gasteiger partial charge in [-0.25, -0.2) is 4.98 Å². The molecule has 2 atom stereocenters. The van der Waals surface area contributed by atoms with E-state index in [0.29, 0.717) is 11.7 Å². The molecule has 1 aliphatic heterocycles. The molecule has 0 unspecified atom stereocenters. The highest BCUT2D eigenvalue weighted by Crippen LogP contribution is 2.17. The number of anilines is 1. The summed E-state index contributed by atoms with van der Waals surface area (Å²) in [7, 11) is 0. The van der Waals surface area contributed by atoms with Crippen LogP contribution >= 0.6 is 0 Å². The summed E-state index contributed by atoms with van der Waals surface area (Å²) < 4.78 is 0. The molecule has 16 heavy (non-hydrogen) atoms. The molecule has 2 N–H and O–H groups in total. The Hall–Kier alpha value is -1.42. The Bertz CT molecular complexity index is 392. The van der Waals surface area contributed by atoms with Crippen molar-refractivity contribution >= 4 is 11.7 Å². The van der Waals surface area contributed by atoms with E-state index in [4.69, 9.17) is 0 Å². The highest BCUT2D eigenvalue weighted by molar-refractivity contribution is 5.92. The van der Waals surface area contributed by atoms with Crippen molar-refractivity contribution in [1.29, 1.82) is 0 Å². The number of hydrogen-bond acceptors (Lipinski definition) is 3. The summed E-state index contributed by atoms with van der Waals surface area (Å²) >= 11 is 0. The molecule has 1 fully saturated rings. The van der Waals surface area contributed by atoms with E-state index in [1.54, 1.807) is 0 Å². The molecule has 2 rings (SSSR count). The molecular weight excluding hydrogens is 202 g/mol. The molecule has 86 valence electrons. The van der Waals surface area contributed by atoms with Gasteiger partial charge in [-0.1, -0.05) is 13.0 Å². The Balaban J connectivity index is 2.02. The average molecular weight is 219 g/mol. The van der Waals surface area contributed by atoms with Gasteiger partial charge >= 0.3 is 0 Å². The summed E-state index contributed by atoms with van der Waals surface area (Å²) in [5, 5.41) is 6.08. The number of pyridine rings is 1. The van der Waals surface area contributed by atoms with Gasteiger partial charge in [0.25, 0.3) is 0 Å². The maximum atomic E-state index is 11.9. The van der Waals surface area contributed by atoms with E-state index in [9.17, 15) is 4.79 Å². The van der Waals surface area contributed by atoms with Crippen molar-refractivity contribution in [2.45, 2.75) is 13.8 Å². The van der Waals surface area contributed by atoms with E-state index in [2.05, 4.69) is 22.5 Å². The predicted octanol–water partition coefficient (Wildman–Crippen LogP) is 1.18. The molecule has 4 heteroatoms. The molecule has 0 aliphatic carbocycles. The minimum Gasteiger partial charge on any atom is -0.316 e. The van der Waals surface area contributed by atoms with Crippen molar-refractivity contribution in [3.05, 3.63) is 23.9 Å². The fourth-order valence-corrected chi connectivity index (χ4v) is 1.99. The quantitative estimate of drug-likeness (QED) is 0.785. The Morgan fingerprint density at radius 2 is 2.31 bits per heavy atom. The molecule has 1 amide bonds. The van der Waals surface area contributed by atoms with Gasteiger partial charge in [-0.2, -0.15) is 0 Å². The summed E-state index contributed by atoms with van der Waals surface area (Å²) in [5.74, 6) is 1.16. The number of carbonyl (C=O) groups is 1. The van der Waals surface area contributed by atoms with Gasteiger partial charge in [-0.05, 0) is 31.5 Å². The first-order valence-corrected chi connectivity index (χ1v) is 5.62. The zero-order valence-corrected chi connectivity index (χ0v) is 9.66. The zero-order chi connectivity index (χ0) is 11.5. The van der Waals surface area contributed by atoms with E-state index in [0.717, 1.165) is 18.8 Å². The molecule has 1 aromatic heterocycles. The first kappa shape index (κ1) is 11.1. The third kappa shape index (κ3) is 2.39. The van der Waals surface area contributed by atoms with Crippen LogP contribution in [0.2, 0.25) is 0 Å². The Morgan fingerprint density at radius 1 is 1.50 bits per heavy atom. The molecule has 0 saturated carbocycles. The lowest BCUT2D eigenvalue weighted by atomic mass is 9.97. The van der Waals surface area contributed by atoms with Crippen LogP contribution in [-0.2, 0) is 4.79 Å². The van der Waals surface area contributed by atoms with Gasteiger partial charge in [-0.3, -0.25) is 4.79 Å². The number of aromatic nitrogens is 1. The van der Waals surface area contributed by atoms with Crippen molar-refractivity contribution < 1.29 is 4.79 Å². The lowest BCUT2D eigenvalue weighted by Crippen LogP contribution is -2.28. The molecule has 1 aliphatic rings. The molecule has 0 bridgehead atoms. The van der Waals surface area contributed by atoms with Crippen LogP contribution < -0.4 is 10.6 Å². The van der Waals surface area contributed by atoms with Crippen LogP contribution in [0.15, 0.2) is 18.2 Å². The first-order valence-electron chi connectivity index (χ1n) is 5.62.